The van der Waals surface area contributed by atoms with Gasteiger partial charge in [-0.15, -0.1) is 11.3 Å². The van der Waals surface area contributed by atoms with Gasteiger partial charge in [0.2, 0.25) is 0 Å². The summed E-state index contributed by atoms with van der Waals surface area (Å²) in [5.74, 6) is 0. The molecule has 1 N–H and O–H groups in total. The van der Waals surface area contributed by atoms with Crippen molar-refractivity contribution in [3.05, 3.63) is 32.2 Å². The van der Waals surface area contributed by atoms with Gasteiger partial charge in [-0.25, -0.2) is 0 Å². The third-order valence-corrected chi connectivity index (χ3v) is 5.27. The number of halogens is 1. The van der Waals surface area contributed by atoms with Crippen molar-refractivity contribution in [2.24, 2.45) is 0 Å². The van der Waals surface area contributed by atoms with Crippen LogP contribution in [0.2, 0.25) is 0 Å². The quantitative estimate of drug-likeness (QED) is 0.840. The Balaban J connectivity index is 2.27. The molecule has 0 aliphatic rings. The summed E-state index contributed by atoms with van der Waals surface area (Å²) in [4.78, 5) is 1.32. The SMILES string of the molecule is Cc1nn(C(C)C)c(C)c1NC(C)c1sccc1Br. The fourth-order valence-corrected chi connectivity index (χ4v) is 4.00. The Morgan fingerprint density at radius 2 is 2.00 bits per heavy atom. The molecule has 0 radical (unpaired) electrons. The molecule has 0 aromatic carbocycles. The number of hydrogen-bond acceptors (Lipinski definition) is 3. The molecule has 0 saturated heterocycles. The smallest absolute Gasteiger partial charge is 0.0828 e. The van der Waals surface area contributed by atoms with Crippen LogP contribution in [0.25, 0.3) is 0 Å². The first kappa shape index (κ1) is 14.6. The molecule has 104 valence electrons. The summed E-state index contributed by atoms with van der Waals surface area (Å²) in [7, 11) is 0. The summed E-state index contributed by atoms with van der Waals surface area (Å²) < 4.78 is 3.25. The fraction of sp³-hybridized carbons (Fsp3) is 0.500. The van der Waals surface area contributed by atoms with Crippen LogP contribution in [0.4, 0.5) is 5.69 Å². The molecule has 2 rings (SSSR count). The molecule has 5 heteroatoms. The van der Waals surface area contributed by atoms with Crippen molar-refractivity contribution in [1.82, 2.24) is 9.78 Å². The van der Waals surface area contributed by atoms with Crippen molar-refractivity contribution in [1.29, 1.82) is 0 Å². The van der Waals surface area contributed by atoms with Gasteiger partial charge in [-0.2, -0.15) is 5.10 Å². The minimum Gasteiger partial charge on any atom is -0.375 e. The van der Waals surface area contributed by atoms with Crippen molar-refractivity contribution < 1.29 is 0 Å². The normalized spacial score (nSPS) is 13.0. The fourth-order valence-electron chi connectivity index (χ4n) is 2.27. The molecule has 2 aromatic rings. The average molecular weight is 342 g/mol. The van der Waals surface area contributed by atoms with E-state index in [0.717, 1.165) is 11.4 Å². The van der Waals surface area contributed by atoms with Crippen molar-refractivity contribution >= 4 is 33.0 Å². The minimum atomic E-state index is 0.275. The predicted molar refractivity (Wildman–Crippen MR) is 86.1 cm³/mol. The number of anilines is 1. The van der Waals surface area contributed by atoms with Crippen molar-refractivity contribution in [2.75, 3.05) is 5.32 Å². The molecule has 2 aromatic heterocycles. The second kappa shape index (κ2) is 5.67. The molecule has 0 aliphatic carbocycles. The van der Waals surface area contributed by atoms with Gasteiger partial charge in [0.1, 0.15) is 0 Å². The lowest BCUT2D eigenvalue weighted by atomic mass is 10.2. The second-order valence-corrected chi connectivity index (χ2v) is 6.88. The van der Waals surface area contributed by atoms with Crippen LogP contribution in [0.1, 0.15) is 49.1 Å². The van der Waals surface area contributed by atoms with Crippen molar-refractivity contribution in [3.8, 4) is 0 Å². The van der Waals surface area contributed by atoms with Crippen molar-refractivity contribution in [3.63, 3.8) is 0 Å². The maximum atomic E-state index is 4.61. The van der Waals surface area contributed by atoms with Gasteiger partial charge in [0.15, 0.2) is 0 Å². The Kier molecular flexibility index (Phi) is 4.36. The van der Waals surface area contributed by atoms with Crippen LogP contribution < -0.4 is 5.32 Å². The third kappa shape index (κ3) is 2.87. The Labute approximate surface area is 127 Å². The summed E-state index contributed by atoms with van der Waals surface area (Å²) in [6, 6.07) is 2.75. The van der Waals surface area contributed by atoms with Crippen LogP contribution in [0.3, 0.4) is 0 Å². The number of hydrogen-bond donors (Lipinski definition) is 1. The number of rotatable bonds is 4. The average Bonchev–Trinajstić information content (AvgIpc) is 2.87. The lowest BCUT2D eigenvalue weighted by Gasteiger charge is -2.15. The topological polar surface area (TPSA) is 29.9 Å². The van der Waals surface area contributed by atoms with E-state index in [0.29, 0.717) is 6.04 Å². The first-order valence-corrected chi connectivity index (χ1v) is 8.14. The van der Waals surface area contributed by atoms with Gasteiger partial charge in [-0.05, 0) is 62.0 Å². The summed E-state index contributed by atoms with van der Waals surface area (Å²) >= 11 is 5.36. The Bertz CT molecular complexity index is 571. The van der Waals surface area contributed by atoms with E-state index in [1.54, 1.807) is 11.3 Å². The van der Waals surface area contributed by atoms with Gasteiger partial charge in [-0.3, -0.25) is 4.68 Å². The standard InChI is InChI=1S/C14H20BrN3S/c1-8(2)18-11(5)13(9(3)17-18)16-10(4)14-12(15)6-7-19-14/h6-8,10,16H,1-5H3. The Hall–Kier alpha value is -0.810. The predicted octanol–water partition coefficient (Wildman–Crippen LogP) is 5.08. The van der Waals surface area contributed by atoms with E-state index < -0.39 is 0 Å². The highest BCUT2D eigenvalue weighted by atomic mass is 79.9. The molecule has 0 amide bonds. The number of nitrogens with one attached hydrogen (secondary N) is 1. The number of thiophene rings is 1. The monoisotopic (exact) mass is 341 g/mol. The molecule has 0 bridgehead atoms. The van der Waals surface area contributed by atoms with Crippen LogP contribution in [-0.4, -0.2) is 9.78 Å². The summed E-state index contributed by atoms with van der Waals surface area (Å²) in [6.07, 6.45) is 0. The van der Waals surface area contributed by atoms with Crippen LogP contribution in [0, 0.1) is 13.8 Å². The Morgan fingerprint density at radius 1 is 1.32 bits per heavy atom. The molecule has 1 unspecified atom stereocenters. The van der Waals surface area contributed by atoms with Crippen LogP contribution >= 0.6 is 27.3 Å². The largest absolute Gasteiger partial charge is 0.375 e. The summed E-state index contributed by atoms with van der Waals surface area (Å²) in [6.45, 7) is 10.7. The lowest BCUT2D eigenvalue weighted by Crippen LogP contribution is -2.08. The van der Waals surface area contributed by atoms with Gasteiger partial charge in [0.05, 0.1) is 23.1 Å². The lowest BCUT2D eigenvalue weighted by molar-refractivity contribution is 0.516. The highest BCUT2D eigenvalue weighted by Crippen LogP contribution is 2.33. The first-order chi connectivity index (χ1) is 8.91. The third-order valence-electron chi connectivity index (χ3n) is 3.21. The molecule has 1 atom stereocenters. The van der Waals surface area contributed by atoms with E-state index in [2.05, 4.69) is 77.1 Å². The first-order valence-electron chi connectivity index (χ1n) is 6.47. The maximum Gasteiger partial charge on any atom is 0.0828 e. The zero-order valence-electron chi connectivity index (χ0n) is 12.0. The van der Waals surface area contributed by atoms with E-state index in [1.807, 2.05) is 0 Å². The molecule has 0 aliphatic heterocycles. The van der Waals surface area contributed by atoms with Crippen LogP contribution in [-0.2, 0) is 0 Å². The molecule has 3 nitrogen and oxygen atoms in total. The van der Waals surface area contributed by atoms with Crippen LogP contribution in [0.15, 0.2) is 15.9 Å². The van der Waals surface area contributed by atoms with E-state index >= 15 is 0 Å². The molecule has 2 heterocycles. The molecule has 19 heavy (non-hydrogen) atoms. The summed E-state index contributed by atoms with van der Waals surface area (Å²) in [5, 5.41) is 10.3. The minimum absolute atomic E-state index is 0.275. The molecular formula is C14H20BrN3S. The van der Waals surface area contributed by atoms with Gasteiger partial charge in [0.25, 0.3) is 0 Å². The van der Waals surface area contributed by atoms with E-state index in [9.17, 15) is 0 Å². The van der Waals surface area contributed by atoms with Gasteiger partial charge in [-0.1, -0.05) is 0 Å². The second-order valence-electron chi connectivity index (χ2n) is 5.08. The zero-order chi connectivity index (χ0) is 14.2. The van der Waals surface area contributed by atoms with E-state index in [4.69, 9.17) is 0 Å². The maximum absolute atomic E-state index is 4.61. The van der Waals surface area contributed by atoms with Crippen LogP contribution in [0.5, 0.6) is 0 Å². The zero-order valence-corrected chi connectivity index (χ0v) is 14.4. The van der Waals surface area contributed by atoms with Gasteiger partial charge >= 0.3 is 0 Å². The number of nitrogens with zero attached hydrogens (tertiary/aromatic N) is 2. The molecule has 0 fully saturated rings. The summed E-state index contributed by atoms with van der Waals surface area (Å²) in [5.41, 5.74) is 3.42. The van der Waals surface area contributed by atoms with Gasteiger partial charge < -0.3 is 5.32 Å². The van der Waals surface area contributed by atoms with E-state index in [1.165, 1.54) is 15.0 Å². The highest BCUT2D eigenvalue weighted by molar-refractivity contribution is 9.10. The molecule has 0 spiro atoms. The highest BCUT2D eigenvalue weighted by Gasteiger charge is 2.17. The van der Waals surface area contributed by atoms with Gasteiger partial charge in [0, 0.05) is 15.4 Å². The van der Waals surface area contributed by atoms with E-state index in [-0.39, 0.29) is 6.04 Å². The Morgan fingerprint density at radius 3 is 2.47 bits per heavy atom. The molecule has 0 saturated carbocycles. The van der Waals surface area contributed by atoms with Crippen molar-refractivity contribution in [2.45, 2.75) is 46.7 Å². The number of aryl methyl sites for hydroxylation is 1. The number of aromatic nitrogens is 2. The molecular weight excluding hydrogens is 322 g/mol.